The number of hydrogen-bond donors (Lipinski definition) is 1. The highest BCUT2D eigenvalue weighted by Gasteiger charge is 2.27. The molecule has 8 heteroatoms. The number of hydrazone groups is 1. The van der Waals surface area contributed by atoms with E-state index in [1.54, 1.807) is 30.3 Å². The maximum Gasteiger partial charge on any atom is 0.344 e. The number of benzene rings is 3. The van der Waals surface area contributed by atoms with Crippen LogP contribution in [0.25, 0.3) is 0 Å². The first-order valence-electron chi connectivity index (χ1n) is 12.6. The van der Waals surface area contributed by atoms with Crippen molar-refractivity contribution < 1.29 is 23.8 Å². The fraction of sp³-hybridized carbons (Fsp3) is 0.323. The Labute approximate surface area is 244 Å². The lowest BCUT2D eigenvalue weighted by Gasteiger charge is -2.33. The molecule has 0 unspecified atom stereocenters. The summed E-state index contributed by atoms with van der Waals surface area (Å²) in [6.07, 6.45) is 2.52. The zero-order valence-corrected chi connectivity index (χ0v) is 25.4. The van der Waals surface area contributed by atoms with Crippen molar-refractivity contribution in [1.29, 1.82) is 0 Å². The fourth-order valence-electron chi connectivity index (χ4n) is 4.42. The minimum atomic E-state index is -0.477. The Bertz CT molecular complexity index is 1330. The minimum absolute atomic E-state index is 0.0338. The van der Waals surface area contributed by atoms with Gasteiger partial charge in [-0.3, -0.25) is 4.79 Å². The molecular weight excluding hydrogens is 607 g/mol. The van der Waals surface area contributed by atoms with Crippen LogP contribution in [0.3, 0.4) is 0 Å². The van der Waals surface area contributed by atoms with Crippen molar-refractivity contribution in [2.45, 2.75) is 46.5 Å². The predicted octanol–water partition coefficient (Wildman–Crippen LogP) is 6.76. The van der Waals surface area contributed by atoms with E-state index in [9.17, 15) is 9.59 Å². The highest BCUT2D eigenvalue weighted by Crippen LogP contribution is 2.36. The molecule has 1 N–H and O–H groups in total. The molecule has 0 saturated heterocycles. The van der Waals surface area contributed by atoms with Gasteiger partial charge >= 0.3 is 5.97 Å². The Balaban J connectivity index is 1.53. The van der Waals surface area contributed by atoms with Crippen molar-refractivity contribution in [2.24, 2.45) is 10.5 Å². The lowest BCUT2D eigenvalue weighted by molar-refractivity contribution is -0.123. The minimum Gasteiger partial charge on any atom is -0.493 e. The van der Waals surface area contributed by atoms with Crippen molar-refractivity contribution in [3.05, 3.63) is 87.0 Å². The first kappa shape index (κ1) is 30.1. The standard InChI is InChI=1S/C31H35IN2O5/c1-30(2,3)20-31(4,5)22-12-14-23(15-13-22)38-19-28(35)34-33-18-21-11-16-26(27(17-21)37-6)39-29(36)24-9-7-8-10-25(24)32/h7-18H,19-20H2,1-6H3,(H,34,35)/b33-18-. The fourth-order valence-corrected chi connectivity index (χ4v) is 5.03. The van der Waals surface area contributed by atoms with Crippen LogP contribution in [0.15, 0.2) is 71.8 Å². The highest BCUT2D eigenvalue weighted by molar-refractivity contribution is 14.1. The van der Waals surface area contributed by atoms with Gasteiger partial charge in [0.25, 0.3) is 5.91 Å². The van der Waals surface area contributed by atoms with Gasteiger partial charge in [-0.15, -0.1) is 0 Å². The Hall–Kier alpha value is -3.40. The van der Waals surface area contributed by atoms with Gasteiger partial charge < -0.3 is 14.2 Å². The molecule has 3 rings (SSSR count). The first-order valence-corrected chi connectivity index (χ1v) is 13.7. The Morgan fingerprint density at radius 3 is 2.28 bits per heavy atom. The molecule has 0 aliphatic heterocycles. The van der Waals surface area contributed by atoms with Crippen molar-refractivity contribution in [1.82, 2.24) is 5.43 Å². The normalized spacial score (nSPS) is 11.8. The number of amides is 1. The van der Waals surface area contributed by atoms with Crippen LogP contribution in [0, 0.1) is 8.99 Å². The number of methoxy groups -OCH3 is 1. The monoisotopic (exact) mass is 642 g/mol. The zero-order valence-electron chi connectivity index (χ0n) is 23.2. The molecule has 3 aromatic rings. The van der Waals surface area contributed by atoms with Gasteiger partial charge in [0.15, 0.2) is 18.1 Å². The summed E-state index contributed by atoms with van der Waals surface area (Å²) in [6.45, 7) is 11.0. The molecule has 0 heterocycles. The zero-order chi connectivity index (χ0) is 28.6. The lowest BCUT2D eigenvalue weighted by Crippen LogP contribution is -2.25. The molecule has 0 aliphatic carbocycles. The Morgan fingerprint density at radius 2 is 1.64 bits per heavy atom. The SMILES string of the molecule is COc1cc(/C=N\NC(=O)COc2ccc(C(C)(C)CC(C)(C)C)cc2)ccc1OC(=O)c1ccccc1I. The summed E-state index contributed by atoms with van der Waals surface area (Å²) >= 11 is 2.09. The van der Waals surface area contributed by atoms with Gasteiger partial charge in [-0.2, -0.15) is 5.10 Å². The van der Waals surface area contributed by atoms with Gasteiger partial charge in [-0.1, -0.05) is 58.9 Å². The van der Waals surface area contributed by atoms with Crippen molar-refractivity contribution >= 4 is 40.7 Å². The van der Waals surface area contributed by atoms with E-state index in [4.69, 9.17) is 14.2 Å². The number of nitrogens with zero attached hydrogens (tertiary/aromatic N) is 1. The van der Waals surface area contributed by atoms with E-state index in [1.807, 2.05) is 36.4 Å². The molecule has 0 aromatic heterocycles. The number of esters is 1. The van der Waals surface area contributed by atoms with Gasteiger partial charge in [0.1, 0.15) is 5.75 Å². The molecule has 0 spiro atoms. The Kier molecular flexibility index (Phi) is 10.1. The first-order chi connectivity index (χ1) is 18.4. The van der Waals surface area contributed by atoms with E-state index in [-0.39, 0.29) is 23.2 Å². The summed E-state index contributed by atoms with van der Waals surface area (Å²) in [5.41, 5.74) is 5.05. The molecule has 0 atom stereocenters. The number of nitrogens with one attached hydrogen (secondary N) is 1. The molecule has 0 bridgehead atoms. The third kappa shape index (κ3) is 9.09. The number of hydrogen-bond acceptors (Lipinski definition) is 6. The van der Waals surface area contributed by atoms with E-state index >= 15 is 0 Å². The molecular formula is C31H35IN2O5. The number of carbonyl (C=O) groups excluding carboxylic acids is 2. The molecule has 206 valence electrons. The molecule has 1 amide bonds. The maximum absolute atomic E-state index is 12.5. The van der Waals surface area contributed by atoms with Crippen LogP contribution < -0.4 is 19.6 Å². The van der Waals surface area contributed by atoms with E-state index in [0.717, 1.165) is 9.99 Å². The summed E-state index contributed by atoms with van der Waals surface area (Å²) in [7, 11) is 1.48. The quantitative estimate of drug-likeness (QED) is 0.0869. The summed E-state index contributed by atoms with van der Waals surface area (Å²) in [5.74, 6) is 0.393. The second kappa shape index (κ2) is 13.1. The number of rotatable bonds is 10. The third-order valence-electron chi connectivity index (χ3n) is 5.86. The second-order valence-electron chi connectivity index (χ2n) is 11.0. The van der Waals surface area contributed by atoms with Crippen LogP contribution in [0.1, 0.15) is 62.5 Å². The number of halogens is 1. The highest BCUT2D eigenvalue weighted by atomic mass is 127. The molecule has 3 aromatic carbocycles. The summed E-state index contributed by atoms with van der Waals surface area (Å²) in [4.78, 5) is 24.8. The van der Waals surface area contributed by atoms with E-state index in [1.165, 1.54) is 18.9 Å². The van der Waals surface area contributed by atoms with Crippen LogP contribution in [0.4, 0.5) is 0 Å². The topological polar surface area (TPSA) is 86.2 Å². The van der Waals surface area contributed by atoms with E-state index in [0.29, 0.717) is 22.6 Å². The van der Waals surface area contributed by atoms with Crippen LogP contribution in [0.5, 0.6) is 17.2 Å². The molecule has 7 nitrogen and oxygen atoms in total. The van der Waals surface area contributed by atoms with Crippen LogP contribution in [-0.2, 0) is 10.2 Å². The van der Waals surface area contributed by atoms with Crippen molar-refractivity contribution in [3.8, 4) is 17.2 Å². The predicted molar refractivity (Wildman–Crippen MR) is 162 cm³/mol. The molecule has 39 heavy (non-hydrogen) atoms. The average molecular weight is 643 g/mol. The maximum atomic E-state index is 12.5. The van der Waals surface area contributed by atoms with Crippen LogP contribution in [0.2, 0.25) is 0 Å². The largest absolute Gasteiger partial charge is 0.493 e. The molecule has 0 radical (unpaired) electrons. The second-order valence-corrected chi connectivity index (χ2v) is 12.2. The van der Waals surface area contributed by atoms with E-state index < -0.39 is 11.9 Å². The van der Waals surface area contributed by atoms with Gasteiger partial charge in [-0.05, 0) is 93.4 Å². The van der Waals surface area contributed by atoms with Gasteiger partial charge in [0, 0.05) is 3.57 Å². The van der Waals surface area contributed by atoms with Crippen molar-refractivity contribution in [2.75, 3.05) is 13.7 Å². The third-order valence-corrected chi connectivity index (χ3v) is 6.81. The van der Waals surface area contributed by atoms with Crippen molar-refractivity contribution in [3.63, 3.8) is 0 Å². The Morgan fingerprint density at radius 1 is 0.949 bits per heavy atom. The van der Waals surface area contributed by atoms with Gasteiger partial charge in [0.2, 0.25) is 0 Å². The summed E-state index contributed by atoms with van der Waals surface area (Å²) in [6, 6.07) is 20.0. The molecule has 0 fully saturated rings. The van der Waals surface area contributed by atoms with Crippen LogP contribution in [-0.4, -0.2) is 31.8 Å². The van der Waals surface area contributed by atoms with Gasteiger partial charge in [-0.25, -0.2) is 10.2 Å². The molecule has 0 saturated carbocycles. The average Bonchev–Trinajstić information content (AvgIpc) is 2.87. The summed E-state index contributed by atoms with van der Waals surface area (Å²) in [5, 5.41) is 3.99. The smallest absolute Gasteiger partial charge is 0.344 e. The number of ether oxygens (including phenoxy) is 3. The van der Waals surface area contributed by atoms with Crippen LogP contribution >= 0.6 is 22.6 Å². The number of carbonyl (C=O) groups is 2. The summed E-state index contributed by atoms with van der Waals surface area (Å²) < 4.78 is 17.3. The molecule has 0 aliphatic rings. The van der Waals surface area contributed by atoms with E-state index in [2.05, 4.69) is 67.7 Å². The lowest BCUT2D eigenvalue weighted by atomic mass is 9.72. The van der Waals surface area contributed by atoms with Gasteiger partial charge in [0.05, 0.1) is 18.9 Å².